The van der Waals surface area contributed by atoms with Gasteiger partial charge in [-0.2, -0.15) is 0 Å². The van der Waals surface area contributed by atoms with Gasteiger partial charge in [-0.15, -0.1) is 0 Å². The van der Waals surface area contributed by atoms with Crippen molar-refractivity contribution in [3.63, 3.8) is 0 Å². The second kappa shape index (κ2) is 4.99. The third-order valence-corrected chi connectivity index (χ3v) is 3.30. The molecule has 94 valence electrons. The number of benzene rings is 1. The van der Waals surface area contributed by atoms with Crippen LogP contribution < -0.4 is 5.43 Å². The zero-order valence-electron chi connectivity index (χ0n) is 10.8. The Morgan fingerprint density at radius 1 is 1.39 bits per heavy atom. The van der Waals surface area contributed by atoms with Crippen LogP contribution in [0.15, 0.2) is 34.1 Å². The molecule has 0 aliphatic heterocycles. The molecule has 0 spiro atoms. The van der Waals surface area contributed by atoms with Crippen molar-refractivity contribution in [1.82, 2.24) is 4.98 Å². The van der Waals surface area contributed by atoms with Crippen LogP contribution in [0.3, 0.4) is 0 Å². The van der Waals surface area contributed by atoms with Gasteiger partial charge in [-0.3, -0.25) is 4.79 Å². The van der Waals surface area contributed by atoms with Gasteiger partial charge in [-0.25, -0.2) is 0 Å². The Hall–Kier alpha value is -1.54. The number of hydrogen-bond acceptors (Lipinski definition) is 1. The zero-order valence-corrected chi connectivity index (χ0v) is 11.6. The second-order valence-corrected chi connectivity index (χ2v) is 5.15. The number of fused-ring (bicyclic) bond motifs is 1. The molecule has 0 atom stereocenters. The SMILES string of the molecule is C/C(Cl)=C\Cc1c(C)[nH]c2c(C)cccc2c1=O. The topological polar surface area (TPSA) is 32.9 Å². The predicted molar refractivity (Wildman–Crippen MR) is 77.4 cm³/mol. The van der Waals surface area contributed by atoms with E-state index in [1.165, 1.54) is 0 Å². The summed E-state index contributed by atoms with van der Waals surface area (Å²) < 4.78 is 0. The summed E-state index contributed by atoms with van der Waals surface area (Å²) in [5.74, 6) is 0. The molecule has 2 nitrogen and oxygen atoms in total. The first-order valence-corrected chi connectivity index (χ1v) is 6.32. The molecule has 1 aromatic carbocycles. The molecule has 0 unspecified atom stereocenters. The Balaban J connectivity index is 2.70. The van der Waals surface area contributed by atoms with Crippen molar-refractivity contribution in [1.29, 1.82) is 0 Å². The van der Waals surface area contributed by atoms with Crippen LogP contribution in [0, 0.1) is 13.8 Å². The van der Waals surface area contributed by atoms with Crippen LogP contribution in [0.2, 0.25) is 0 Å². The second-order valence-electron chi connectivity index (χ2n) is 4.55. The summed E-state index contributed by atoms with van der Waals surface area (Å²) in [6, 6.07) is 5.77. The van der Waals surface area contributed by atoms with Crippen molar-refractivity contribution in [2.45, 2.75) is 27.2 Å². The van der Waals surface area contributed by atoms with Crippen molar-refractivity contribution >= 4 is 22.5 Å². The highest BCUT2D eigenvalue weighted by Gasteiger charge is 2.09. The average molecular weight is 262 g/mol. The van der Waals surface area contributed by atoms with Crippen LogP contribution >= 0.6 is 11.6 Å². The summed E-state index contributed by atoms with van der Waals surface area (Å²) in [6.45, 7) is 5.75. The molecule has 0 amide bonds. The lowest BCUT2D eigenvalue weighted by Crippen LogP contribution is -2.13. The summed E-state index contributed by atoms with van der Waals surface area (Å²) in [6.07, 6.45) is 2.43. The molecule has 0 saturated heterocycles. The maximum atomic E-state index is 12.4. The first-order valence-electron chi connectivity index (χ1n) is 5.94. The van der Waals surface area contributed by atoms with Gasteiger partial charge in [0.1, 0.15) is 0 Å². The van der Waals surface area contributed by atoms with Crippen LogP contribution in [-0.4, -0.2) is 4.98 Å². The van der Waals surface area contributed by atoms with Crippen molar-refractivity contribution in [3.8, 4) is 0 Å². The van der Waals surface area contributed by atoms with Gasteiger partial charge in [-0.05, 0) is 38.8 Å². The lowest BCUT2D eigenvalue weighted by Gasteiger charge is -2.08. The van der Waals surface area contributed by atoms with Crippen LogP contribution in [-0.2, 0) is 6.42 Å². The Morgan fingerprint density at radius 3 is 2.78 bits per heavy atom. The minimum atomic E-state index is 0.0964. The minimum Gasteiger partial charge on any atom is -0.358 e. The summed E-state index contributed by atoms with van der Waals surface area (Å²) in [7, 11) is 0. The molecule has 2 rings (SSSR count). The summed E-state index contributed by atoms with van der Waals surface area (Å²) in [5, 5.41) is 1.45. The van der Waals surface area contributed by atoms with E-state index >= 15 is 0 Å². The molecular weight excluding hydrogens is 246 g/mol. The molecule has 0 fully saturated rings. The maximum Gasteiger partial charge on any atom is 0.193 e. The van der Waals surface area contributed by atoms with Crippen LogP contribution in [0.4, 0.5) is 0 Å². The fraction of sp³-hybridized carbons (Fsp3) is 0.267. The van der Waals surface area contributed by atoms with E-state index in [-0.39, 0.29) is 5.43 Å². The normalized spacial score (nSPS) is 12.1. The molecular formula is C15H16ClNO. The number of nitrogens with one attached hydrogen (secondary N) is 1. The number of H-pyrrole nitrogens is 1. The quantitative estimate of drug-likeness (QED) is 0.876. The molecule has 0 aliphatic rings. The van der Waals surface area contributed by atoms with Gasteiger partial charge in [-0.1, -0.05) is 29.8 Å². The molecule has 2 aromatic rings. The lowest BCUT2D eigenvalue weighted by molar-refractivity contribution is 1.11. The van der Waals surface area contributed by atoms with E-state index in [4.69, 9.17) is 11.6 Å². The van der Waals surface area contributed by atoms with E-state index in [0.29, 0.717) is 11.5 Å². The summed E-state index contributed by atoms with van der Waals surface area (Å²) >= 11 is 5.82. The highest BCUT2D eigenvalue weighted by Crippen LogP contribution is 2.16. The van der Waals surface area contributed by atoms with Gasteiger partial charge in [0.2, 0.25) is 0 Å². The van der Waals surface area contributed by atoms with Crippen LogP contribution in [0.1, 0.15) is 23.7 Å². The molecule has 0 saturated carbocycles. The maximum absolute atomic E-state index is 12.4. The molecule has 1 N–H and O–H groups in total. The summed E-state index contributed by atoms with van der Waals surface area (Å²) in [4.78, 5) is 15.7. The Morgan fingerprint density at radius 2 is 2.11 bits per heavy atom. The molecule has 0 radical (unpaired) electrons. The fourth-order valence-corrected chi connectivity index (χ4v) is 2.18. The number of halogens is 1. The third-order valence-electron chi connectivity index (χ3n) is 3.14. The van der Waals surface area contributed by atoms with Gasteiger partial charge in [0, 0.05) is 21.7 Å². The number of aromatic amines is 1. The molecule has 18 heavy (non-hydrogen) atoms. The zero-order chi connectivity index (χ0) is 13.3. The Bertz CT molecular complexity index is 679. The fourth-order valence-electron chi connectivity index (χ4n) is 2.11. The molecule has 1 heterocycles. The number of aryl methyl sites for hydroxylation is 2. The number of para-hydroxylation sites is 1. The van der Waals surface area contributed by atoms with Crippen LogP contribution in [0.5, 0.6) is 0 Å². The Labute approximate surface area is 111 Å². The highest BCUT2D eigenvalue weighted by molar-refractivity contribution is 6.29. The van der Waals surface area contributed by atoms with Gasteiger partial charge >= 0.3 is 0 Å². The van der Waals surface area contributed by atoms with Crippen molar-refractivity contribution in [2.24, 2.45) is 0 Å². The van der Waals surface area contributed by atoms with Crippen molar-refractivity contribution < 1.29 is 0 Å². The third kappa shape index (κ3) is 2.34. The van der Waals surface area contributed by atoms with E-state index in [1.807, 2.05) is 45.0 Å². The smallest absolute Gasteiger partial charge is 0.193 e. The predicted octanol–water partition coefficient (Wildman–Crippen LogP) is 3.83. The highest BCUT2D eigenvalue weighted by atomic mass is 35.5. The van der Waals surface area contributed by atoms with E-state index in [9.17, 15) is 4.79 Å². The van der Waals surface area contributed by atoms with Crippen LogP contribution in [0.25, 0.3) is 10.9 Å². The first-order chi connectivity index (χ1) is 8.50. The first kappa shape index (κ1) is 12.9. The van der Waals surface area contributed by atoms with Gasteiger partial charge in [0.05, 0.1) is 5.52 Å². The minimum absolute atomic E-state index is 0.0964. The summed E-state index contributed by atoms with van der Waals surface area (Å²) in [5.41, 5.74) is 3.81. The van der Waals surface area contributed by atoms with E-state index < -0.39 is 0 Å². The van der Waals surface area contributed by atoms with E-state index in [0.717, 1.165) is 27.7 Å². The molecule has 3 heteroatoms. The van der Waals surface area contributed by atoms with E-state index in [1.54, 1.807) is 0 Å². The van der Waals surface area contributed by atoms with Gasteiger partial charge < -0.3 is 4.98 Å². The number of allylic oxidation sites excluding steroid dienone is 2. The van der Waals surface area contributed by atoms with Gasteiger partial charge in [0.25, 0.3) is 0 Å². The number of rotatable bonds is 2. The monoisotopic (exact) mass is 261 g/mol. The van der Waals surface area contributed by atoms with E-state index in [2.05, 4.69) is 4.98 Å². The average Bonchev–Trinajstić information content (AvgIpc) is 2.30. The van der Waals surface area contributed by atoms with Gasteiger partial charge in [0.15, 0.2) is 5.43 Å². The lowest BCUT2D eigenvalue weighted by atomic mass is 10.0. The number of pyridine rings is 1. The molecule has 1 aromatic heterocycles. The molecule has 0 aliphatic carbocycles. The van der Waals surface area contributed by atoms with Crippen molar-refractivity contribution in [3.05, 3.63) is 56.4 Å². The number of aromatic nitrogens is 1. The standard InChI is InChI=1S/C15H16ClNO/c1-9-5-4-6-13-14(9)17-11(3)12(15(13)18)8-7-10(2)16/h4-7H,8H2,1-3H3,(H,17,18)/b10-7+. The van der Waals surface area contributed by atoms with Crippen molar-refractivity contribution in [2.75, 3.05) is 0 Å². The molecule has 0 bridgehead atoms. The number of hydrogen-bond donors (Lipinski definition) is 1. The Kier molecular flexibility index (Phi) is 3.58. The largest absolute Gasteiger partial charge is 0.358 e.